The van der Waals surface area contributed by atoms with Gasteiger partial charge in [-0.1, -0.05) is 158 Å². The van der Waals surface area contributed by atoms with Crippen LogP contribution in [0.1, 0.15) is 86.9 Å². The number of pyridine rings is 1. The van der Waals surface area contributed by atoms with Crippen LogP contribution in [-0.2, 0) is 0 Å². The van der Waals surface area contributed by atoms with Crippen LogP contribution in [0.5, 0.6) is 0 Å². The fourth-order valence-electron chi connectivity index (χ4n) is 19.3. The molecule has 0 amide bonds. The van der Waals surface area contributed by atoms with Crippen LogP contribution in [0.2, 0.25) is 0 Å². The summed E-state index contributed by atoms with van der Waals surface area (Å²) in [6.45, 7) is 2.43. The first-order valence-electron chi connectivity index (χ1n) is 36.1. The fraction of sp³-hybridized carbons (Fsp3) is 0.129. The largest absolute Gasteiger partial charge is 0.336 e. The summed E-state index contributed by atoms with van der Waals surface area (Å²) < 4.78 is 10.2. The second-order valence-electron chi connectivity index (χ2n) is 28.8. The maximum absolute atomic E-state index is 10.5. The fourth-order valence-corrected chi connectivity index (χ4v) is 19.3. The van der Waals surface area contributed by atoms with Gasteiger partial charge in [0.05, 0.1) is 83.9 Å². The second kappa shape index (κ2) is 21.7. The molecule has 0 saturated carbocycles. The first-order valence-corrected chi connectivity index (χ1v) is 36.1. The van der Waals surface area contributed by atoms with Gasteiger partial charge in [-0.25, -0.2) is 9.97 Å². The molecule has 8 heterocycles. The van der Waals surface area contributed by atoms with Gasteiger partial charge in [-0.05, 0) is 198 Å². The first kappa shape index (κ1) is 57.2. The Labute approximate surface area is 585 Å². The van der Waals surface area contributed by atoms with Gasteiger partial charge in [-0.3, -0.25) is 9.55 Å². The van der Waals surface area contributed by atoms with Crippen molar-refractivity contribution in [2.75, 3.05) is 0 Å². The normalized spacial score (nSPS) is 17.5. The second-order valence-corrected chi connectivity index (χ2v) is 28.8. The molecule has 3 atom stereocenters. The van der Waals surface area contributed by atoms with Gasteiger partial charge in [-0.15, -0.1) is 0 Å². The number of fused-ring (bicyclic) bond motifs is 23. The third-order valence-electron chi connectivity index (χ3n) is 23.6. The van der Waals surface area contributed by atoms with Crippen LogP contribution in [0, 0.1) is 28.6 Å². The maximum atomic E-state index is 10.5. The number of hydrogen-bond acceptors (Lipinski definition) is 5. The van der Waals surface area contributed by atoms with Crippen molar-refractivity contribution in [2.24, 2.45) is 5.92 Å². The molecule has 8 aromatic heterocycles. The maximum Gasteiger partial charge on any atom is 0.235 e. The van der Waals surface area contributed by atoms with Crippen LogP contribution in [0.3, 0.4) is 0 Å². The van der Waals surface area contributed by atoms with E-state index >= 15 is 0 Å². The summed E-state index contributed by atoms with van der Waals surface area (Å²) in [6, 6.07) is 89.8. The molecule has 0 fully saturated rings. The van der Waals surface area contributed by atoms with Crippen LogP contribution in [0.15, 0.2) is 260 Å². The van der Waals surface area contributed by atoms with E-state index in [1.165, 1.54) is 105 Å². The zero-order valence-corrected chi connectivity index (χ0v) is 56.1. The van der Waals surface area contributed by atoms with Crippen molar-refractivity contribution >= 4 is 152 Å². The van der Waals surface area contributed by atoms with Crippen molar-refractivity contribution < 1.29 is 0 Å². The van der Waals surface area contributed by atoms with E-state index in [1.807, 2.05) is 42.5 Å². The topological polar surface area (TPSA) is 105 Å². The highest BCUT2D eigenvalue weighted by atomic mass is 15.2. The van der Waals surface area contributed by atoms with Crippen molar-refractivity contribution in [1.29, 1.82) is 10.5 Å². The number of nitrogens with zero attached hydrogens (tertiary/aromatic N) is 9. The van der Waals surface area contributed by atoms with Crippen LogP contribution >= 0.6 is 0 Å². The average molecular weight is 1310 g/mol. The number of allylic oxidation sites excluding steroid dienone is 4. The molecule has 20 aromatic rings. The Balaban J connectivity index is 0.790. The lowest BCUT2D eigenvalue weighted by molar-refractivity contribution is 0.273. The molecule has 9 nitrogen and oxygen atoms in total. The first-order chi connectivity index (χ1) is 50.5. The van der Waals surface area contributed by atoms with Gasteiger partial charge in [0.15, 0.2) is 0 Å². The van der Waals surface area contributed by atoms with E-state index in [0.717, 1.165) is 121 Å². The van der Waals surface area contributed by atoms with Crippen molar-refractivity contribution in [1.82, 2.24) is 32.9 Å². The minimum atomic E-state index is 0.104. The van der Waals surface area contributed by atoms with E-state index in [1.54, 1.807) is 11.8 Å². The van der Waals surface area contributed by atoms with Crippen molar-refractivity contribution in [3.63, 3.8) is 0 Å². The monoisotopic (exact) mass is 1310 g/mol. The van der Waals surface area contributed by atoms with Crippen molar-refractivity contribution in [3.8, 4) is 40.5 Å². The summed E-state index contributed by atoms with van der Waals surface area (Å²) in [4.78, 5) is 15.8. The number of hydrogen-bond donors (Lipinski definition) is 0. The molecule has 9 heteroatoms. The quantitative estimate of drug-likeness (QED) is 0.165. The minimum absolute atomic E-state index is 0.104. The minimum Gasteiger partial charge on any atom is -0.336 e. The Morgan fingerprint density at radius 1 is 0.451 bits per heavy atom. The van der Waals surface area contributed by atoms with Crippen LogP contribution in [-0.4, -0.2) is 32.9 Å². The molecule has 102 heavy (non-hydrogen) atoms. The summed E-state index contributed by atoms with van der Waals surface area (Å²) in [5, 5.41) is 40.0. The Morgan fingerprint density at radius 2 is 1.08 bits per heavy atom. The van der Waals surface area contributed by atoms with Crippen LogP contribution in [0.25, 0.3) is 181 Å². The molecule has 0 radical (unpaired) electrons. The number of para-hydroxylation sites is 3. The van der Waals surface area contributed by atoms with Crippen LogP contribution in [0.4, 0.5) is 0 Å². The summed E-state index contributed by atoms with van der Waals surface area (Å²) in [6.07, 6.45) is 15.6. The third kappa shape index (κ3) is 7.99. The van der Waals surface area contributed by atoms with E-state index in [4.69, 9.17) is 15.0 Å². The standard InChI is InChI=1S/C93H63N9/c1-2-64-77(35-17-24-55-21-5-3-4-6-27-65(55)84(64)61-25-15-19-53(41-61)51-94)100-82-48-60-37-36-58(43-63(60)45-71(82)74-49-72-66-28-9-12-32-78(66)99-80-34-14-11-30-68(80)85(89(72)99)91(74)100)59-38-39-69-81(47-59)101-79-33-13-10-29-67(79)73-50-75-70-44-56-22-7-8-23-57(56)46-83(70)102(92(75)86(69)90(73)101)93-97-76-31-18-40-96-88(76)87(98-93)62-26-16-20-54(42-62)52-95/h6-16,18-20,22-23,25-34,36-50,64,77,84H,2-5,17,21,24,35H2,1H3/b27-6-,65-55+. The lowest BCUT2D eigenvalue weighted by Crippen LogP contribution is -2.28. The average Bonchev–Trinajstić information content (AvgIpc) is 1.52. The van der Waals surface area contributed by atoms with E-state index in [0.29, 0.717) is 28.2 Å². The Morgan fingerprint density at radius 3 is 1.87 bits per heavy atom. The van der Waals surface area contributed by atoms with Crippen molar-refractivity contribution in [2.45, 2.75) is 70.3 Å². The van der Waals surface area contributed by atoms with Gasteiger partial charge in [0.2, 0.25) is 5.95 Å². The Bertz CT molecular complexity index is 7210. The molecule has 0 spiro atoms. The molecule has 0 bridgehead atoms. The summed E-state index contributed by atoms with van der Waals surface area (Å²) in [5.74, 6) is 0.855. The molecule has 0 aliphatic heterocycles. The summed E-state index contributed by atoms with van der Waals surface area (Å²) in [7, 11) is 0. The molecular formula is C93H63N9. The van der Waals surface area contributed by atoms with E-state index in [9.17, 15) is 10.5 Å². The number of rotatable bonds is 6. The molecular weight excluding hydrogens is 1240 g/mol. The lowest BCUT2D eigenvalue weighted by Gasteiger charge is -2.39. The predicted molar refractivity (Wildman–Crippen MR) is 420 cm³/mol. The number of aromatic nitrogens is 7. The van der Waals surface area contributed by atoms with Gasteiger partial charge >= 0.3 is 0 Å². The van der Waals surface area contributed by atoms with Crippen LogP contribution < -0.4 is 0 Å². The lowest BCUT2D eigenvalue weighted by atomic mass is 9.69. The molecule has 480 valence electrons. The summed E-state index contributed by atoms with van der Waals surface area (Å²) in [5.41, 5.74) is 22.6. The van der Waals surface area contributed by atoms with E-state index in [-0.39, 0.29) is 17.9 Å². The number of benzene rings is 12. The highest BCUT2D eigenvalue weighted by Crippen LogP contribution is 2.54. The molecule has 22 rings (SSSR count). The van der Waals surface area contributed by atoms with Crippen molar-refractivity contribution in [3.05, 3.63) is 277 Å². The molecule has 2 aliphatic rings. The highest BCUT2D eigenvalue weighted by Gasteiger charge is 2.38. The Kier molecular flexibility index (Phi) is 12.2. The van der Waals surface area contributed by atoms with Gasteiger partial charge in [0.1, 0.15) is 11.2 Å². The SMILES string of the molecule is CCC1C(c2cccc(C#N)c2)C2=C(\CCCC/C=C\2)CCCC1n1c2cc3ccc(-c4ccc5c6c7c(cc8c9ccccc9n(c5c4)c86)c4cc5ccccc5cc4n7-c4nc(-c5cccc(C#N)c5)c5ncccc5n4)cc3cc2c2cc3c4ccccc4n4c5ccccc5c(c21)c34. The van der Waals surface area contributed by atoms with E-state index < -0.39 is 0 Å². The summed E-state index contributed by atoms with van der Waals surface area (Å²) >= 11 is 0. The van der Waals surface area contributed by atoms with E-state index in [2.05, 4.69) is 237 Å². The highest BCUT2D eigenvalue weighted by molar-refractivity contribution is 6.36. The molecule has 0 saturated heterocycles. The smallest absolute Gasteiger partial charge is 0.235 e. The van der Waals surface area contributed by atoms with Gasteiger partial charge in [0.25, 0.3) is 0 Å². The molecule has 2 aliphatic carbocycles. The zero-order valence-electron chi connectivity index (χ0n) is 56.1. The number of nitriles is 2. The van der Waals surface area contributed by atoms with Gasteiger partial charge in [0, 0.05) is 88.4 Å². The van der Waals surface area contributed by atoms with Gasteiger partial charge < -0.3 is 13.4 Å². The molecule has 12 aromatic carbocycles. The molecule has 3 unspecified atom stereocenters. The zero-order chi connectivity index (χ0) is 67.2. The molecule has 0 N–H and O–H groups in total. The Hall–Kier alpha value is -12.7. The predicted octanol–water partition coefficient (Wildman–Crippen LogP) is 23.9. The van der Waals surface area contributed by atoms with Gasteiger partial charge in [-0.2, -0.15) is 10.5 Å². The third-order valence-corrected chi connectivity index (χ3v) is 23.6.